The van der Waals surface area contributed by atoms with Gasteiger partial charge in [0.15, 0.2) is 0 Å². The average molecular weight is 231 g/mol. The monoisotopic (exact) mass is 231 g/mol. The van der Waals surface area contributed by atoms with Gasteiger partial charge in [0.05, 0.1) is 23.1 Å². The van der Waals surface area contributed by atoms with Crippen molar-refractivity contribution in [2.75, 3.05) is 11.4 Å². The van der Waals surface area contributed by atoms with E-state index in [-0.39, 0.29) is 5.91 Å². The van der Waals surface area contributed by atoms with Gasteiger partial charge in [0.1, 0.15) is 4.88 Å². The molecular formula is C11H9N3OS. The Bertz CT molecular complexity index is 523. The molecule has 2 aromatic rings. The van der Waals surface area contributed by atoms with Crippen molar-refractivity contribution in [1.82, 2.24) is 9.97 Å². The highest BCUT2D eigenvalue weighted by Crippen LogP contribution is 2.25. The summed E-state index contributed by atoms with van der Waals surface area (Å²) in [6.45, 7) is 0.682. The molecular weight excluding hydrogens is 222 g/mol. The summed E-state index contributed by atoms with van der Waals surface area (Å²) in [5.74, 6) is 0.0387. The van der Waals surface area contributed by atoms with Crippen LogP contribution in [0.25, 0.3) is 0 Å². The fourth-order valence-corrected chi connectivity index (χ4v) is 2.61. The smallest absolute Gasteiger partial charge is 0.270 e. The fourth-order valence-electron chi connectivity index (χ4n) is 1.82. The van der Waals surface area contributed by atoms with Crippen LogP contribution in [-0.4, -0.2) is 22.4 Å². The van der Waals surface area contributed by atoms with Crippen molar-refractivity contribution in [3.63, 3.8) is 0 Å². The molecule has 1 aliphatic heterocycles. The quantitative estimate of drug-likeness (QED) is 0.751. The summed E-state index contributed by atoms with van der Waals surface area (Å²) in [6, 6.07) is 3.74. The Morgan fingerprint density at radius 3 is 3.19 bits per heavy atom. The normalized spacial score (nSPS) is 15.0. The molecule has 0 saturated heterocycles. The molecule has 4 nitrogen and oxygen atoms in total. The summed E-state index contributed by atoms with van der Waals surface area (Å²) in [5, 5.41) is 0. The minimum atomic E-state index is 0.0387. The van der Waals surface area contributed by atoms with Crippen LogP contribution in [0.3, 0.4) is 0 Å². The number of fused-ring (bicyclic) bond motifs is 1. The van der Waals surface area contributed by atoms with E-state index in [9.17, 15) is 4.79 Å². The molecule has 0 N–H and O–H groups in total. The van der Waals surface area contributed by atoms with Gasteiger partial charge >= 0.3 is 0 Å². The Balaban J connectivity index is 1.99. The predicted octanol–water partition coefficient (Wildman–Crippen LogP) is 1.74. The van der Waals surface area contributed by atoms with Crippen molar-refractivity contribution in [3.8, 4) is 0 Å². The van der Waals surface area contributed by atoms with E-state index >= 15 is 0 Å². The number of nitrogens with zero attached hydrogens (tertiary/aromatic N) is 3. The molecule has 0 bridgehead atoms. The minimum Gasteiger partial charge on any atom is -0.306 e. The number of aromatic nitrogens is 2. The number of carbonyl (C=O) groups is 1. The Morgan fingerprint density at radius 2 is 2.38 bits per heavy atom. The Kier molecular flexibility index (Phi) is 2.18. The molecule has 0 aliphatic carbocycles. The number of hydrogen-bond donors (Lipinski definition) is 0. The number of pyridine rings is 1. The molecule has 0 saturated carbocycles. The van der Waals surface area contributed by atoms with E-state index in [2.05, 4.69) is 9.97 Å². The molecule has 1 amide bonds. The van der Waals surface area contributed by atoms with E-state index in [0.717, 1.165) is 22.7 Å². The molecule has 80 valence electrons. The van der Waals surface area contributed by atoms with Gasteiger partial charge in [-0.1, -0.05) is 0 Å². The lowest BCUT2D eigenvalue weighted by Crippen LogP contribution is -2.36. The second kappa shape index (κ2) is 3.68. The second-order valence-electron chi connectivity index (χ2n) is 3.55. The highest BCUT2D eigenvalue weighted by Gasteiger charge is 2.27. The van der Waals surface area contributed by atoms with Crippen LogP contribution in [0.5, 0.6) is 0 Å². The molecule has 0 unspecified atom stereocenters. The van der Waals surface area contributed by atoms with E-state index in [1.165, 1.54) is 11.3 Å². The molecule has 0 atom stereocenters. The summed E-state index contributed by atoms with van der Waals surface area (Å²) >= 11 is 1.41. The number of rotatable bonds is 1. The molecule has 2 aromatic heterocycles. The minimum absolute atomic E-state index is 0.0387. The van der Waals surface area contributed by atoms with Crippen molar-refractivity contribution < 1.29 is 4.79 Å². The molecule has 1 aliphatic rings. The lowest BCUT2D eigenvalue weighted by atomic mass is 10.1. The van der Waals surface area contributed by atoms with Crippen molar-refractivity contribution in [3.05, 3.63) is 40.6 Å². The van der Waals surface area contributed by atoms with Gasteiger partial charge in [0.25, 0.3) is 5.91 Å². The first-order valence-corrected chi connectivity index (χ1v) is 5.88. The summed E-state index contributed by atoms with van der Waals surface area (Å²) in [5.41, 5.74) is 3.51. The van der Waals surface area contributed by atoms with Crippen LogP contribution in [0, 0.1) is 0 Å². The largest absolute Gasteiger partial charge is 0.306 e. The molecule has 3 heterocycles. The maximum Gasteiger partial charge on any atom is 0.270 e. The Hall–Kier alpha value is -1.75. The van der Waals surface area contributed by atoms with Gasteiger partial charge in [0, 0.05) is 19.2 Å². The Labute approximate surface area is 96.6 Å². The average Bonchev–Trinajstić information content (AvgIpc) is 2.80. The van der Waals surface area contributed by atoms with Crippen LogP contribution in [0.1, 0.15) is 15.4 Å². The standard InChI is InChI=1S/C11H9N3OS/c15-11-10-9(13-7-16-10)3-5-14(11)8-2-1-4-12-6-8/h1-2,4,6-7H,3,5H2. The van der Waals surface area contributed by atoms with Crippen LogP contribution < -0.4 is 4.90 Å². The molecule has 0 spiro atoms. The third-order valence-corrected chi connectivity index (χ3v) is 3.47. The lowest BCUT2D eigenvalue weighted by Gasteiger charge is -2.25. The molecule has 5 heteroatoms. The molecule has 16 heavy (non-hydrogen) atoms. The van der Waals surface area contributed by atoms with Crippen LogP contribution in [0.2, 0.25) is 0 Å². The topological polar surface area (TPSA) is 46.1 Å². The Morgan fingerprint density at radius 1 is 1.44 bits per heavy atom. The van der Waals surface area contributed by atoms with E-state index in [4.69, 9.17) is 0 Å². The fraction of sp³-hybridized carbons (Fsp3) is 0.182. The van der Waals surface area contributed by atoms with Gasteiger partial charge in [-0.05, 0) is 12.1 Å². The van der Waals surface area contributed by atoms with Crippen LogP contribution in [0.4, 0.5) is 5.69 Å². The van der Waals surface area contributed by atoms with Gasteiger partial charge in [-0.3, -0.25) is 9.78 Å². The summed E-state index contributed by atoms with van der Waals surface area (Å²) in [6.07, 6.45) is 4.24. The summed E-state index contributed by atoms with van der Waals surface area (Å²) < 4.78 is 0. The third kappa shape index (κ3) is 1.40. The van der Waals surface area contributed by atoms with Gasteiger partial charge < -0.3 is 4.90 Å². The van der Waals surface area contributed by atoms with Gasteiger partial charge in [-0.2, -0.15) is 0 Å². The van der Waals surface area contributed by atoms with Crippen molar-refractivity contribution in [1.29, 1.82) is 0 Å². The molecule has 0 aromatic carbocycles. The zero-order valence-corrected chi connectivity index (χ0v) is 9.28. The van der Waals surface area contributed by atoms with Crippen molar-refractivity contribution >= 4 is 22.9 Å². The van der Waals surface area contributed by atoms with E-state index in [1.54, 1.807) is 22.8 Å². The zero-order valence-electron chi connectivity index (χ0n) is 8.46. The number of thiazole rings is 1. The first kappa shape index (κ1) is 9.47. The molecule has 0 fully saturated rings. The lowest BCUT2D eigenvalue weighted by molar-refractivity contribution is 0.0984. The first-order chi connectivity index (χ1) is 7.86. The second-order valence-corrected chi connectivity index (χ2v) is 4.40. The molecule has 3 rings (SSSR count). The first-order valence-electron chi connectivity index (χ1n) is 5.00. The molecule has 0 radical (unpaired) electrons. The summed E-state index contributed by atoms with van der Waals surface area (Å²) in [4.78, 5) is 22.9. The highest BCUT2D eigenvalue weighted by molar-refractivity contribution is 7.12. The predicted molar refractivity (Wildman–Crippen MR) is 61.7 cm³/mol. The highest BCUT2D eigenvalue weighted by atomic mass is 32.1. The van der Waals surface area contributed by atoms with E-state index < -0.39 is 0 Å². The van der Waals surface area contributed by atoms with Gasteiger partial charge in [-0.25, -0.2) is 4.98 Å². The van der Waals surface area contributed by atoms with Crippen molar-refractivity contribution in [2.24, 2.45) is 0 Å². The van der Waals surface area contributed by atoms with Gasteiger partial charge in [-0.15, -0.1) is 11.3 Å². The van der Waals surface area contributed by atoms with Crippen LogP contribution in [0.15, 0.2) is 30.0 Å². The van der Waals surface area contributed by atoms with Crippen LogP contribution >= 0.6 is 11.3 Å². The number of amides is 1. The maximum absolute atomic E-state index is 12.1. The summed E-state index contributed by atoms with van der Waals surface area (Å²) in [7, 11) is 0. The SMILES string of the molecule is O=C1c2scnc2CCN1c1cccnc1. The van der Waals surface area contributed by atoms with Crippen molar-refractivity contribution in [2.45, 2.75) is 6.42 Å². The number of anilines is 1. The van der Waals surface area contributed by atoms with Crippen LogP contribution in [-0.2, 0) is 6.42 Å². The van der Waals surface area contributed by atoms with E-state index in [1.807, 2.05) is 12.1 Å². The third-order valence-electron chi connectivity index (χ3n) is 2.61. The van der Waals surface area contributed by atoms with E-state index in [0.29, 0.717) is 6.54 Å². The van der Waals surface area contributed by atoms with Gasteiger partial charge in [0.2, 0.25) is 0 Å². The number of hydrogen-bond acceptors (Lipinski definition) is 4. The number of carbonyl (C=O) groups excluding carboxylic acids is 1. The zero-order chi connectivity index (χ0) is 11.0. The maximum atomic E-state index is 12.1.